The third kappa shape index (κ3) is 8.78. The Balaban J connectivity index is 0.766. The summed E-state index contributed by atoms with van der Waals surface area (Å²) in [5, 5.41) is 7.87. The minimum Gasteiger partial charge on any atom is -0.372 e. The van der Waals surface area contributed by atoms with Gasteiger partial charge in [-0.1, -0.05) is 38.1 Å². The van der Waals surface area contributed by atoms with Crippen molar-refractivity contribution in [2.45, 2.75) is 65.3 Å². The molecular formula is C48H56N12O4. The summed E-state index contributed by atoms with van der Waals surface area (Å²) >= 11 is 0. The first kappa shape index (κ1) is 42.6. The summed E-state index contributed by atoms with van der Waals surface area (Å²) in [5.41, 5.74) is 8.99. The van der Waals surface area contributed by atoms with E-state index in [9.17, 15) is 14.4 Å². The number of H-pyrrole nitrogens is 1. The fourth-order valence-corrected chi connectivity index (χ4v) is 9.07. The average molecular weight is 865 g/mol. The number of pyridine rings is 1. The molecule has 1 atom stereocenters. The van der Waals surface area contributed by atoms with Gasteiger partial charge in [-0.25, -0.2) is 14.8 Å². The van der Waals surface area contributed by atoms with E-state index in [0.29, 0.717) is 24.7 Å². The van der Waals surface area contributed by atoms with Crippen LogP contribution in [0, 0.1) is 12.8 Å². The third-order valence-corrected chi connectivity index (χ3v) is 12.9. The van der Waals surface area contributed by atoms with Gasteiger partial charge in [-0.15, -0.1) is 0 Å². The number of piperidine rings is 1. The molecule has 0 radical (unpaired) electrons. The van der Waals surface area contributed by atoms with Gasteiger partial charge in [0.25, 0.3) is 0 Å². The number of carbonyl (C=O) groups excluding carboxylic acids is 3. The average Bonchev–Trinajstić information content (AvgIpc) is 3.99. The van der Waals surface area contributed by atoms with Gasteiger partial charge in [0.05, 0.1) is 35.0 Å². The summed E-state index contributed by atoms with van der Waals surface area (Å²) in [7, 11) is 1.55. The van der Waals surface area contributed by atoms with Crippen LogP contribution in [0.4, 0.5) is 21.9 Å². The topological polar surface area (TPSA) is 173 Å². The number of nitrogens with zero attached hydrogens (tertiary/aromatic N) is 10. The molecule has 3 fully saturated rings. The van der Waals surface area contributed by atoms with Gasteiger partial charge in [-0.2, -0.15) is 4.98 Å². The molecule has 0 aliphatic carbocycles. The normalized spacial score (nSPS) is 17.4. The molecule has 3 aliphatic rings. The number of aromatic amines is 1. The van der Waals surface area contributed by atoms with Gasteiger partial charge in [0, 0.05) is 93.6 Å². The van der Waals surface area contributed by atoms with Gasteiger partial charge >= 0.3 is 17.8 Å². The highest BCUT2D eigenvalue weighted by molar-refractivity contribution is 6.05. The van der Waals surface area contributed by atoms with Gasteiger partial charge in [-0.05, 0) is 92.3 Å². The molecule has 332 valence electrons. The zero-order valence-electron chi connectivity index (χ0n) is 37.5. The molecule has 3 aliphatic heterocycles. The van der Waals surface area contributed by atoms with E-state index in [2.05, 4.69) is 81.5 Å². The fraction of sp³-hybridized carbons (Fsp3) is 0.417. The maximum atomic E-state index is 12.9. The van der Waals surface area contributed by atoms with Crippen molar-refractivity contribution in [3.8, 4) is 22.6 Å². The van der Waals surface area contributed by atoms with Crippen LogP contribution in [0.25, 0.3) is 33.7 Å². The number of piperazine rings is 1. The van der Waals surface area contributed by atoms with Crippen LogP contribution in [0.5, 0.6) is 0 Å². The number of aromatic nitrogens is 6. The minimum atomic E-state index is -0.412. The Morgan fingerprint density at radius 1 is 0.875 bits per heavy atom. The second kappa shape index (κ2) is 17.5. The molecule has 0 saturated carbocycles. The van der Waals surface area contributed by atoms with Crippen LogP contribution >= 0.6 is 0 Å². The van der Waals surface area contributed by atoms with E-state index in [1.54, 1.807) is 18.3 Å². The summed E-state index contributed by atoms with van der Waals surface area (Å²) in [5.74, 6) is 0.559. The predicted octanol–water partition coefficient (Wildman–Crippen LogP) is 6.99. The van der Waals surface area contributed by atoms with Crippen molar-refractivity contribution in [3.63, 3.8) is 0 Å². The summed E-state index contributed by atoms with van der Waals surface area (Å²) in [4.78, 5) is 69.7. The Morgan fingerprint density at radius 2 is 1.59 bits per heavy atom. The molecule has 64 heavy (non-hydrogen) atoms. The van der Waals surface area contributed by atoms with Gasteiger partial charge < -0.3 is 24.6 Å². The molecule has 0 bridgehead atoms. The molecule has 2 aromatic carbocycles. The standard InChI is InChI=1S/C48H56N12O4/c1-30-25-33(7-13-37(30)31(2)52-44(62)45-54-46(55-64-45)48(3,4)5)42-38-26-40(53-43(38)51-29-50-42)39-14-12-36(27-49-39)59-23-21-57(22-24-59)28-32-15-18-58(19-16-32)34-8-10-35(11-9-34)60-20-17-41(61)56(6)47(60)63/h7-14,25-27,29,31-32H,15-24,28H2,1-6H3,(H,52,62)(H,50,51,53). The Morgan fingerprint density at radius 3 is 2.28 bits per heavy atom. The molecule has 4 aromatic heterocycles. The molecule has 16 heteroatoms. The first-order valence-corrected chi connectivity index (χ1v) is 22.3. The third-order valence-electron chi connectivity index (χ3n) is 12.9. The number of urea groups is 1. The van der Waals surface area contributed by atoms with Crippen LogP contribution in [-0.4, -0.2) is 117 Å². The number of fused-ring (bicyclic) bond motifs is 1. The zero-order valence-corrected chi connectivity index (χ0v) is 37.5. The fourth-order valence-electron chi connectivity index (χ4n) is 9.07. The number of hydrogen-bond acceptors (Lipinski definition) is 12. The number of aryl methyl sites for hydroxylation is 1. The molecule has 16 nitrogen and oxygen atoms in total. The van der Waals surface area contributed by atoms with Crippen LogP contribution in [-0.2, 0) is 10.2 Å². The first-order chi connectivity index (χ1) is 30.8. The van der Waals surface area contributed by atoms with E-state index < -0.39 is 5.91 Å². The van der Waals surface area contributed by atoms with E-state index in [-0.39, 0.29) is 29.3 Å². The molecule has 7 heterocycles. The highest BCUT2D eigenvalue weighted by Gasteiger charge is 2.31. The molecule has 4 amide bonds. The number of rotatable bonds is 10. The molecule has 6 aromatic rings. The lowest BCUT2D eigenvalue weighted by molar-refractivity contribution is -0.127. The van der Waals surface area contributed by atoms with Crippen molar-refractivity contribution >= 4 is 45.9 Å². The summed E-state index contributed by atoms with van der Waals surface area (Å²) in [6.45, 7) is 17.4. The number of imide groups is 1. The lowest BCUT2D eigenvalue weighted by Crippen LogP contribution is -2.50. The van der Waals surface area contributed by atoms with Crippen molar-refractivity contribution in [1.82, 2.24) is 45.2 Å². The maximum Gasteiger partial charge on any atom is 0.330 e. The Hall–Kier alpha value is -6.68. The quantitative estimate of drug-likeness (QED) is 0.145. The number of amides is 4. The highest BCUT2D eigenvalue weighted by Crippen LogP contribution is 2.33. The number of hydrogen-bond donors (Lipinski definition) is 2. The molecule has 0 spiro atoms. The largest absolute Gasteiger partial charge is 0.372 e. The van der Waals surface area contributed by atoms with Crippen LogP contribution in [0.15, 0.2) is 77.7 Å². The highest BCUT2D eigenvalue weighted by atomic mass is 16.5. The predicted molar refractivity (Wildman–Crippen MR) is 246 cm³/mol. The molecule has 1 unspecified atom stereocenters. The van der Waals surface area contributed by atoms with Crippen molar-refractivity contribution in [1.29, 1.82) is 0 Å². The molecule has 3 saturated heterocycles. The second-order valence-electron chi connectivity index (χ2n) is 18.4. The van der Waals surface area contributed by atoms with E-state index in [1.807, 2.05) is 65.1 Å². The second-order valence-corrected chi connectivity index (χ2v) is 18.4. The van der Waals surface area contributed by atoms with Crippen LogP contribution < -0.4 is 20.0 Å². The first-order valence-electron chi connectivity index (χ1n) is 22.3. The number of anilines is 3. The van der Waals surface area contributed by atoms with E-state index >= 15 is 0 Å². The van der Waals surface area contributed by atoms with E-state index in [0.717, 1.165) is 115 Å². The lowest BCUT2D eigenvalue weighted by Gasteiger charge is -2.40. The Bertz CT molecular complexity index is 2650. The number of nitrogens with one attached hydrogen (secondary N) is 2. The zero-order chi connectivity index (χ0) is 44.7. The Labute approximate surface area is 373 Å². The van der Waals surface area contributed by atoms with Gasteiger partial charge in [0.1, 0.15) is 12.0 Å². The van der Waals surface area contributed by atoms with Gasteiger partial charge in [-0.3, -0.25) is 29.3 Å². The van der Waals surface area contributed by atoms with Crippen molar-refractivity contribution in [2.24, 2.45) is 5.92 Å². The molecular weight excluding hydrogens is 809 g/mol. The lowest BCUT2D eigenvalue weighted by atomic mass is 9.95. The van der Waals surface area contributed by atoms with Gasteiger partial charge in [0.2, 0.25) is 5.91 Å². The Kier molecular flexibility index (Phi) is 11.6. The minimum absolute atomic E-state index is 0.0504. The van der Waals surface area contributed by atoms with Crippen molar-refractivity contribution in [2.75, 3.05) is 74.1 Å². The van der Waals surface area contributed by atoms with E-state index in [4.69, 9.17) is 9.51 Å². The monoisotopic (exact) mass is 864 g/mol. The molecule has 2 N–H and O–H groups in total. The van der Waals surface area contributed by atoms with Crippen LogP contribution in [0.3, 0.4) is 0 Å². The maximum absolute atomic E-state index is 12.9. The summed E-state index contributed by atoms with van der Waals surface area (Å²) < 4.78 is 5.25. The van der Waals surface area contributed by atoms with Crippen LogP contribution in [0.2, 0.25) is 0 Å². The van der Waals surface area contributed by atoms with E-state index in [1.165, 1.54) is 10.6 Å². The van der Waals surface area contributed by atoms with Crippen molar-refractivity contribution < 1.29 is 18.9 Å². The summed E-state index contributed by atoms with van der Waals surface area (Å²) in [6, 6.07) is 20.1. The van der Waals surface area contributed by atoms with Crippen LogP contribution in [0.1, 0.15) is 80.6 Å². The number of benzene rings is 2. The van der Waals surface area contributed by atoms with Crippen molar-refractivity contribution in [3.05, 3.63) is 96.0 Å². The summed E-state index contributed by atoms with van der Waals surface area (Å²) in [6.07, 6.45) is 6.20. The molecule has 9 rings (SSSR count). The smallest absolute Gasteiger partial charge is 0.330 e. The SMILES string of the molecule is Cc1cc(-c2ncnc3[nH]c(-c4ccc(N5CCN(CC6CCN(c7ccc(N8CCC(=O)N(C)C8=O)cc7)CC6)CC5)cn4)cc23)ccc1C(C)NC(=O)c1nc(C(C)(C)C)no1. The van der Waals surface area contributed by atoms with Gasteiger partial charge in [0.15, 0.2) is 5.82 Å². The number of carbonyl (C=O) groups is 3.